The van der Waals surface area contributed by atoms with E-state index in [4.69, 9.17) is 0 Å². The van der Waals surface area contributed by atoms with Crippen molar-refractivity contribution in [3.05, 3.63) is 95.1 Å². The molecule has 0 nitrogen and oxygen atoms in total. The van der Waals surface area contributed by atoms with Crippen molar-refractivity contribution < 1.29 is 0 Å². The largest absolute Gasteiger partial charge is 0.0961 e. The zero-order chi connectivity index (χ0) is 18.9. The summed E-state index contributed by atoms with van der Waals surface area (Å²) in [5.74, 6) is 0.996. The predicted molar refractivity (Wildman–Crippen MR) is 116 cm³/mol. The van der Waals surface area contributed by atoms with Crippen LogP contribution in [0.2, 0.25) is 0 Å². The van der Waals surface area contributed by atoms with Gasteiger partial charge in [0.15, 0.2) is 0 Å². The number of hydrogen-bond acceptors (Lipinski definition) is 0. The van der Waals surface area contributed by atoms with Crippen molar-refractivity contribution in [2.45, 2.75) is 59.3 Å². The van der Waals surface area contributed by atoms with Gasteiger partial charge < -0.3 is 0 Å². The molecule has 0 heteroatoms. The van der Waals surface area contributed by atoms with Crippen molar-refractivity contribution in [3.63, 3.8) is 0 Å². The van der Waals surface area contributed by atoms with E-state index in [1.54, 1.807) is 0 Å². The molecule has 0 atom stereocenters. The number of rotatable bonds is 10. The number of allylic oxidation sites excluding steroid dienone is 8. The zero-order valence-corrected chi connectivity index (χ0v) is 16.9. The topological polar surface area (TPSA) is 0 Å². The van der Waals surface area contributed by atoms with E-state index in [-0.39, 0.29) is 0 Å². The SMILES string of the molecule is C=C(C)\C=C/C(=C\C)C(=C/C(=C)Cc1cccc(CCC2CC2)c1)/CC. The monoisotopic (exact) mass is 346 g/mol. The highest BCUT2D eigenvalue weighted by molar-refractivity contribution is 5.45. The molecule has 1 saturated carbocycles. The minimum Gasteiger partial charge on any atom is -0.0961 e. The van der Waals surface area contributed by atoms with E-state index in [2.05, 4.69) is 75.6 Å². The Morgan fingerprint density at radius 3 is 2.50 bits per heavy atom. The summed E-state index contributed by atoms with van der Waals surface area (Å²) in [7, 11) is 0. The molecule has 0 heterocycles. The van der Waals surface area contributed by atoms with Crippen LogP contribution in [0.15, 0.2) is 84.0 Å². The van der Waals surface area contributed by atoms with E-state index < -0.39 is 0 Å². The smallest absolute Gasteiger partial charge is 0.00314 e. The molecule has 0 aliphatic heterocycles. The summed E-state index contributed by atoms with van der Waals surface area (Å²) in [6.07, 6.45) is 16.0. The van der Waals surface area contributed by atoms with Gasteiger partial charge in [0, 0.05) is 0 Å². The minimum atomic E-state index is 0.919. The highest BCUT2D eigenvalue weighted by Crippen LogP contribution is 2.33. The van der Waals surface area contributed by atoms with Gasteiger partial charge in [-0.25, -0.2) is 0 Å². The standard InChI is InChI=1S/C26H34/c1-6-25(16-11-20(3)4)26(7-2)18-21(5)17-24-10-8-9-23(19-24)15-14-22-12-13-22/h6,8-11,16,18-19,22H,3,5,7,12-15,17H2,1-2,4H3/b16-11-,25-6+,26-18+. The van der Waals surface area contributed by atoms with Crippen LogP contribution in [0, 0.1) is 5.92 Å². The van der Waals surface area contributed by atoms with E-state index in [9.17, 15) is 0 Å². The summed E-state index contributed by atoms with van der Waals surface area (Å²) in [6, 6.07) is 9.05. The van der Waals surface area contributed by atoms with Crippen molar-refractivity contribution >= 4 is 0 Å². The number of hydrogen-bond donors (Lipinski definition) is 0. The molecular formula is C26H34. The van der Waals surface area contributed by atoms with Gasteiger partial charge >= 0.3 is 0 Å². The zero-order valence-electron chi connectivity index (χ0n) is 16.9. The quantitative estimate of drug-likeness (QED) is 0.384. The Hall–Kier alpha value is -2.08. The fourth-order valence-corrected chi connectivity index (χ4v) is 3.24. The highest BCUT2D eigenvalue weighted by Gasteiger charge is 2.20. The Morgan fingerprint density at radius 2 is 1.88 bits per heavy atom. The van der Waals surface area contributed by atoms with Crippen molar-refractivity contribution in [1.82, 2.24) is 0 Å². The first kappa shape index (κ1) is 20.2. The van der Waals surface area contributed by atoms with Crippen molar-refractivity contribution in [2.75, 3.05) is 0 Å². The minimum absolute atomic E-state index is 0.919. The molecule has 0 amide bonds. The van der Waals surface area contributed by atoms with Crippen LogP contribution in [-0.4, -0.2) is 0 Å². The molecule has 1 aromatic rings. The summed E-state index contributed by atoms with van der Waals surface area (Å²) in [5, 5.41) is 0. The van der Waals surface area contributed by atoms with Gasteiger partial charge in [-0.3, -0.25) is 0 Å². The maximum atomic E-state index is 4.32. The van der Waals surface area contributed by atoms with Gasteiger partial charge in [0.2, 0.25) is 0 Å². The van der Waals surface area contributed by atoms with Crippen LogP contribution in [-0.2, 0) is 12.8 Å². The van der Waals surface area contributed by atoms with Crippen LogP contribution in [0.1, 0.15) is 57.6 Å². The van der Waals surface area contributed by atoms with Crippen LogP contribution < -0.4 is 0 Å². The van der Waals surface area contributed by atoms with Gasteiger partial charge in [-0.2, -0.15) is 0 Å². The van der Waals surface area contributed by atoms with Gasteiger partial charge in [-0.1, -0.05) is 92.6 Å². The van der Waals surface area contributed by atoms with Gasteiger partial charge in [0.25, 0.3) is 0 Å². The highest BCUT2D eigenvalue weighted by atomic mass is 14.3. The second kappa shape index (κ2) is 10.2. The first-order valence-corrected chi connectivity index (χ1v) is 9.98. The second-order valence-electron chi connectivity index (χ2n) is 7.58. The lowest BCUT2D eigenvalue weighted by molar-refractivity contribution is 0.726. The van der Waals surface area contributed by atoms with E-state index >= 15 is 0 Å². The number of aryl methyl sites for hydroxylation is 1. The first-order valence-electron chi connectivity index (χ1n) is 9.98. The van der Waals surface area contributed by atoms with Crippen LogP contribution in [0.5, 0.6) is 0 Å². The maximum absolute atomic E-state index is 4.32. The van der Waals surface area contributed by atoms with Gasteiger partial charge in [-0.05, 0) is 67.7 Å². The van der Waals surface area contributed by atoms with Crippen LogP contribution in [0.3, 0.4) is 0 Å². The fourth-order valence-electron chi connectivity index (χ4n) is 3.24. The Balaban J connectivity index is 2.03. The van der Waals surface area contributed by atoms with E-state index in [0.29, 0.717) is 0 Å². The molecule has 0 bridgehead atoms. The molecule has 1 aromatic carbocycles. The van der Waals surface area contributed by atoms with Crippen LogP contribution in [0.25, 0.3) is 0 Å². The van der Waals surface area contributed by atoms with Crippen LogP contribution >= 0.6 is 0 Å². The normalized spacial score (nSPS) is 15.5. The molecule has 0 N–H and O–H groups in total. The molecule has 1 aliphatic carbocycles. The molecule has 1 fully saturated rings. The molecule has 1 aliphatic rings. The third-order valence-electron chi connectivity index (χ3n) is 4.95. The van der Waals surface area contributed by atoms with Crippen molar-refractivity contribution in [3.8, 4) is 0 Å². The molecule has 0 saturated heterocycles. The van der Waals surface area contributed by atoms with Crippen LogP contribution in [0.4, 0.5) is 0 Å². The lowest BCUT2D eigenvalue weighted by Gasteiger charge is -2.09. The summed E-state index contributed by atoms with van der Waals surface area (Å²) < 4.78 is 0. The van der Waals surface area contributed by atoms with Crippen molar-refractivity contribution in [1.29, 1.82) is 0 Å². The molecule has 0 radical (unpaired) electrons. The molecule has 2 rings (SSSR count). The maximum Gasteiger partial charge on any atom is -0.00314 e. The lowest BCUT2D eigenvalue weighted by atomic mass is 9.96. The lowest BCUT2D eigenvalue weighted by Crippen LogP contribution is -1.93. The number of benzene rings is 1. The second-order valence-corrected chi connectivity index (χ2v) is 7.58. The van der Waals surface area contributed by atoms with Gasteiger partial charge in [-0.15, -0.1) is 0 Å². The predicted octanol–water partition coefficient (Wildman–Crippen LogP) is 7.54. The molecule has 0 unspecified atom stereocenters. The first-order chi connectivity index (χ1) is 12.5. The molecular weight excluding hydrogens is 312 g/mol. The average molecular weight is 347 g/mol. The van der Waals surface area contributed by atoms with E-state index in [1.165, 1.54) is 53.5 Å². The molecule has 0 aromatic heterocycles. The van der Waals surface area contributed by atoms with Gasteiger partial charge in [0.1, 0.15) is 0 Å². The summed E-state index contributed by atoms with van der Waals surface area (Å²) in [4.78, 5) is 0. The third-order valence-corrected chi connectivity index (χ3v) is 4.95. The van der Waals surface area contributed by atoms with Crippen molar-refractivity contribution in [2.24, 2.45) is 5.92 Å². The summed E-state index contributed by atoms with van der Waals surface area (Å²) in [5.41, 5.74) is 7.68. The van der Waals surface area contributed by atoms with E-state index in [0.717, 1.165) is 24.3 Å². The average Bonchev–Trinajstić information content (AvgIpc) is 3.44. The molecule has 26 heavy (non-hydrogen) atoms. The molecule has 138 valence electrons. The summed E-state index contributed by atoms with van der Waals surface area (Å²) >= 11 is 0. The van der Waals surface area contributed by atoms with E-state index in [1.807, 2.05) is 6.92 Å². The molecule has 0 spiro atoms. The van der Waals surface area contributed by atoms with Gasteiger partial charge in [0.05, 0.1) is 0 Å². The Morgan fingerprint density at radius 1 is 1.15 bits per heavy atom. The summed E-state index contributed by atoms with van der Waals surface area (Å²) in [6.45, 7) is 14.6. The fraction of sp³-hybridized carbons (Fsp3) is 0.385. The Labute approximate surface area is 160 Å². The third kappa shape index (κ3) is 7.04. The Bertz CT molecular complexity index is 720. The Kier molecular flexibility index (Phi) is 7.91.